The second-order valence-electron chi connectivity index (χ2n) is 6.14. The molecular formula is C21H16N4O2S. The second kappa shape index (κ2) is 7.58. The fourth-order valence-electron chi connectivity index (χ4n) is 2.84. The first-order chi connectivity index (χ1) is 13.6. The maximum Gasteiger partial charge on any atom is 0.259 e. The van der Waals surface area contributed by atoms with Crippen molar-refractivity contribution in [2.75, 3.05) is 5.32 Å². The summed E-state index contributed by atoms with van der Waals surface area (Å²) in [5.41, 5.74) is 3.63. The van der Waals surface area contributed by atoms with E-state index in [0.717, 1.165) is 16.8 Å². The van der Waals surface area contributed by atoms with Crippen molar-refractivity contribution in [3.05, 3.63) is 81.8 Å². The number of pyridine rings is 1. The highest BCUT2D eigenvalue weighted by Gasteiger charge is 2.11. The summed E-state index contributed by atoms with van der Waals surface area (Å²) in [6.45, 7) is 1.46. The molecule has 0 saturated heterocycles. The van der Waals surface area contributed by atoms with Gasteiger partial charge < -0.3 is 5.32 Å². The molecule has 0 radical (unpaired) electrons. The molecule has 4 aromatic rings. The molecule has 3 aromatic heterocycles. The van der Waals surface area contributed by atoms with Gasteiger partial charge in [0.25, 0.3) is 5.56 Å². The van der Waals surface area contributed by atoms with E-state index >= 15 is 0 Å². The molecule has 1 amide bonds. The number of nitrogens with zero attached hydrogens (tertiary/aromatic N) is 3. The fraction of sp³-hybridized carbons (Fsp3) is 0.0476. The van der Waals surface area contributed by atoms with Gasteiger partial charge in [-0.1, -0.05) is 24.3 Å². The molecule has 7 heteroatoms. The predicted octanol–water partition coefficient (Wildman–Crippen LogP) is 3.95. The first-order valence-corrected chi connectivity index (χ1v) is 9.45. The Labute approximate surface area is 164 Å². The monoisotopic (exact) mass is 388 g/mol. The average Bonchev–Trinajstić information content (AvgIpc) is 3.12. The van der Waals surface area contributed by atoms with Crippen molar-refractivity contribution in [2.45, 2.75) is 6.92 Å². The smallest absolute Gasteiger partial charge is 0.259 e. The molecule has 0 fully saturated rings. The Morgan fingerprint density at radius 1 is 1.18 bits per heavy atom. The Morgan fingerprint density at radius 3 is 2.86 bits per heavy atom. The van der Waals surface area contributed by atoms with Crippen LogP contribution in [0.4, 0.5) is 5.69 Å². The van der Waals surface area contributed by atoms with Gasteiger partial charge in [0.15, 0.2) is 4.96 Å². The minimum absolute atomic E-state index is 0.142. The molecule has 0 bridgehead atoms. The number of fused-ring (bicyclic) bond motifs is 1. The Morgan fingerprint density at radius 2 is 2.07 bits per heavy atom. The van der Waals surface area contributed by atoms with Crippen LogP contribution in [-0.2, 0) is 4.79 Å². The minimum Gasteiger partial charge on any atom is -0.326 e. The largest absolute Gasteiger partial charge is 0.326 e. The molecule has 0 atom stereocenters. The molecule has 28 heavy (non-hydrogen) atoms. The fourth-order valence-corrected chi connectivity index (χ4v) is 3.75. The van der Waals surface area contributed by atoms with Gasteiger partial charge in [-0.3, -0.25) is 19.0 Å². The molecule has 1 N–H and O–H groups in total. The number of carbonyl (C=O) groups excluding carboxylic acids is 1. The molecule has 0 saturated carbocycles. The van der Waals surface area contributed by atoms with Crippen LogP contribution in [0.5, 0.6) is 0 Å². The zero-order valence-corrected chi connectivity index (χ0v) is 15.8. The highest BCUT2D eigenvalue weighted by molar-refractivity contribution is 7.15. The van der Waals surface area contributed by atoms with Gasteiger partial charge in [-0.05, 0) is 29.8 Å². The Balaban J connectivity index is 1.72. The van der Waals surface area contributed by atoms with Gasteiger partial charge in [-0.2, -0.15) is 0 Å². The third-order valence-electron chi connectivity index (χ3n) is 4.03. The van der Waals surface area contributed by atoms with Crippen molar-refractivity contribution in [1.82, 2.24) is 14.4 Å². The van der Waals surface area contributed by atoms with E-state index in [0.29, 0.717) is 16.3 Å². The van der Waals surface area contributed by atoms with Crippen molar-refractivity contribution in [3.63, 3.8) is 0 Å². The van der Waals surface area contributed by atoms with Crippen molar-refractivity contribution < 1.29 is 4.79 Å². The summed E-state index contributed by atoms with van der Waals surface area (Å²) in [4.78, 5) is 33.3. The van der Waals surface area contributed by atoms with Crippen molar-refractivity contribution in [2.24, 2.45) is 0 Å². The quantitative estimate of drug-likeness (QED) is 0.574. The summed E-state index contributed by atoms with van der Waals surface area (Å²) in [7, 11) is 0. The van der Waals surface area contributed by atoms with Gasteiger partial charge in [0.05, 0.1) is 11.4 Å². The van der Waals surface area contributed by atoms with E-state index in [1.165, 1.54) is 24.3 Å². The third-order valence-corrected chi connectivity index (χ3v) is 4.86. The van der Waals surface area contributed by atoms with E-state index in [-0.39, 0.29) is 11.5 Å². The molecule has 138 valence electrons. The molecule has 3 heterocycles. The first-order valence-electron chi connectivity index (χ1n) is 8.57. The number of anilines is 1. The molecule has 6 nitrogen and oxygen atoms in total. The van der Waals surface area contributed by atoms with Crippen molar-refractivity contribution in [1.29, 1.82) is 0 Å². The van der Waals surface area contributed by atoms with Crippen LogP contribution >= 0.6 is 11.3 Å². The zero-order valence-electron chi connectivity index (χ0n) is 15.0. The average molecular weight is 388 g/mol. The number of thiazole rings is 1. The van der Waals surface area contributed by atoms with E-state index < -0.39 is 0 Å². The standard InChI is InChI=1S/C21H16N4O2S/c1-14(26)23-17-6-2-5-16(10-17)19-13-28-21-24-18(11-20(27)25(19)21)8-7-15-4-3-9-22-12-15/h2-13H,1H3,(H,23,26)/b8-7+. The summed E-state index contributed by atoms with van der Waals surface area (Å²) >= 11 is 1.40. The summed E-state index contributed by atoms with van der Waals surface area (Å²) in [5, 5.41) is 4.65. The highest BCUT2D eigenvalue weighted by Crippen LogP contribution is 2.26. The number of aromatic nitrogens is 3. The molecule has 0 unspecified atom stereocenters. The van der Waals surface area contributed by atoms with E-state index in [9.17, 15) is 9.59 Å². The van der Waals surface area contributed by atoms with Gasteiger partial charge >= 0.3 is 0 Å². The van der Waals surface area contributed by atoms with Crippen LogP contribution in [-0.4, -0.2) is 20.3 Å². The maximum atomic E-state index is 12.7. The van der Waals surface area contributed by atoms with Crippen LogP contribution < -0.4 is 10.9 Å². The minimum atomic E-state index is -0.156. The van der Waals surface area contributed by atoms with E-state index in [1.54, 1.807) is 22.9 Å². The summed E-state index contributed by atoms with van der Waals surface area (Å²) < 4.78 is 1.58. The van der Waals surface area contributed by atoms with Crippen LogP contribution in [0.25, 0.3) is 28.4 Å². The van der Waals surface area contributed by atoms with Gasteiger partial charge in [0.1, 0.15) is 0 Å². The summed E-state index contributed by atoms with van der Waals surface area (Å²) in [5.74, 6) is -0.142. The molecule has 4 rings (SSSR count). The van der Waals surface area contributed by atoms with Crippen LogP contribution in [0.2, 0.25) is 0 Å². The van der Waals surface area contributed by atoms with Gasteiger partial charge in [0.2, 0.25) is 5.91 Å². The molecule has 0 aliphatic carbocycles. The highest BCUT2D eigenvalue weighted by atomic mass is 32.1. The second-order valence-corrected chi connectivity index (χ2v) is 6.98. The lowest BCUT2D eigenvalue weighted by molar-refractivity contribution is -0.114. The number of rotatable bonds is 4. The topological polar surface area (TPSA) is 76.4 Å². The Kier molecular flexibility index (Phi) is 4.82. The third kappa shape index (κ3) is 3.74. The molecule has 0 spiro atoms. The lowest BCUT2D eigenvalue weighted by Gasteiger charge is -2.06. The maximum absolute atomic E-state index is 12.7. The van der Waals surface area contributed by atoms with Crippen molar-refractivity contribution >= 4 is 40.0 Å². The number of hydrogen-bond acceptors (Lipinski definition) is 5. The number of carbonyl (C=O) groups is 1. The first kappa shape index (κ1) is 17.8. The Hall–Kier alpha value is -3.58. The number of benzene rings is 1. The van der Waals surface area contributed by atoms with Crippen LogP contribution in [0.1, 0.15) is 18.2 Å². The lowest BCUT2D eigenvalue weighted by atomic mass is 10.1. The van der Waals surface area contributed by atoms with Crippen molar-refractivity contribution in [3.8, 4) is 11.3 Å². The normalized spacial score (nSPS) is 11.2. The molecule has 0 aliphatic heterocycles. The summed E-state index contributed by atoms with van der Waals surface area (Å²) in [6, 6.07) is 12.7. The number of hydrogen-bond donors (Lipinski definition) is 1. The van der Waals surface area contributed by atoms with Gasteiger partial charge in [-0.15, -0.1) is 11.3 Å². The Bertz CT molecular complexity index is 1240. The van der Waals surface area contributed by atoms with Gasteiger partial charge in [0, 0.05) is 42.0 Å². The molecular weight excluding hydrogens is 372 g/mol. The molecule has 0 aliphatic rings. The van der Waals surface area contributed by atoms with Gasteiger partial charge in [-0.25, -0.2) is 4.98 Å². The van der Waals surface area contributed by atoms with Crippen LogP contribution in [0.15, 0.2) is 65.0 Å². The summed E-state index contributed by atoms with van der Waals surface area (Å²) in [6.07, 6.45) is 7.13. The van der Waals surface area contributed by atoms with E-state index in [4.69, 9.17) is 0 Å². The van der Waals surface area contributed by atoms with Crippen LogP contribution in [0, 0.1) is 0 Å². The SMILES string of the molecule is CC(=O)Nc1cccc(-c2csc3nc(/C=C/c4cccnc4)cc(=O)n23)c1. The van der Waals surface area contributed by atoms with E-state index in [1.807, 2.05) is 47.9 Å². The molecule has 1 aromatic carbocycles. The van der Waals surface area contributed by atoms with Crippen LogP contribution in [0.3, 0.4) is 0 Å². The zero-order chi connectivity index (χ0) is 19.5. The predicted molar refractivity (Wildman–Crippen MR) is 112 cm³/mol. The van der Waals surface area contributed by atoms with E-state index in [2.05, 4.69) is 15.3 Å². The number of nitrogens with one attached hydrogen (secondary N) is 1. The lowest BCUT2D eigenvalue weighted by Crippen LogP contribution is -2.14. The number of amides is 1.